The van der Waals surface area contributed by atoms with Crippen LogP contribution in [0.1, 0.15) is 17.0 Å². The summed E-state index contributed by atoms with van der Waals surface area (Å²) in [6.45, 7) is 5.11. The van der Waals surface area contributed by atoms with Crippen molar-refractivity contribution in [2.24, 2.45) is 0 Å². The fourth-order valence-corrected chi connectivity index (χ4v) is 3.06. The third-order valence-corrected chi connectivity index (χ3v) is 4.53. The molecule has 0 aliphatic heterocycles. The van der Waals surface area contributed by atoms with Gasteiger partial charge in [-0.3, -0.25) is 14.0 Å². The normalized spacial score (nSPS) is 11.4. The van der Waals surface area contributed by atoms with Crippen molar-refractivity contribution in [3.63, 3.8) is 0 Å². The minimum atomic E-state index is -0.469. The maximum absolute atomic E-state index is 12.7. The lowest BCUT2D eigenvalue weighted by atomic mass is 10.2. The molecule has 0 amide bonds. The van der Waals surface area contributed by atoms with Gasteiger partial charge in [-0.25, -0.2) is 4.79 Å². The summed E-state index contributed by atoms with van der Waals surface area (Å²) >= 11 is 5.93. The molecule has 0 saturated carbocycles. The second kappa shape index (κ2) is 6.85. The van der Waals surface area contributed by atoms with Gasteiger partial charge in [0.1, 0.15) is 0 Å². The van der Waals surface area contributed by atoms with Crippen molar-refractivity contribution in [1.82, 2.24) is 19.3 Å². The number of aromatic nitrogens is 4. The SMILES string of the molecule is COCCn1nc(C)c(Cn2c(=O)[nH]c3cc(Cl)ccc3c2=O)c1C. The van der Waals surface area contributed by atoms with Crippen molar-refractivity contribution < 1.29 is 4.74 Å². The fraction of sp³-hybridized carbons (Fsp3) is 0.353. The molecule has 0 saturated heterocycles. The minimum absolute atomic E-state index is 0.164. The first-order chi connectivity index (χ1) is 11.9. The van der Waals surface area contributed by atoms with Crippen LogP contribution in [-0.2, 0) is 17.8 Å². The molecule has 7 nitrogen and oxygen atoms in total. The van der Waals surface area contributed by atoms with E-state index in [1.165, 1.54) is 4.57 Å². The summed E-state index contributed by atoms with van der Waals surface area (Å²) in [6, 6.07) is 4.82. The highest BCUT2D eigenvalue weighted by molar-refractivity contribution is 6.31. The highest BCUT2D eigenvalue weighted by atomic mass is 35.5. The van der Waals surface area contributed by atoms with Gasteiger partial charge in [0.2, 0.25) is 0 Å². The molecule has 0 unspecified atom stereocenters. The predicted octanol–water partition coefficient (Wildman–Crippen LogP) is 1.85. The Morgan fingerprint density at radius 1 is 1.28 bits per heavy atom. The molecule has 3 rings (SSSR count). The predicted molar refractivity (Wildman–Crippen MR) is 96.5 cm³/mol. The molecule has 1 aromatic carbocycles. The number of H-pyrrole nitrogens is 1. The van der Waals surface area contributed by atoms with Gasteiger partial charge in [0.05, 0.1) is 36.3 Å². The summed E-state index contributed by atoms with van der Waals surface area (Å²) in [5, 5.41) is 5.36. The van der Waals surface area contributed by atoms with E-state index >= 15 is 0 Å². The van der Waals surface area contributed by atoms with Gasteiger partial charge in [-0.2, -0.15) is 5.10 Å². The Morgan fingerprint density at radius 2 is 2.04 bits per heavy atom. The Hall–Kier alpha value is -2.38. The Bertz CT molecular complexity index is 1050. The number of fused-ring (bicyclic) bond motifs is 1. The van der Waals surface area contributed by atoms with Gasteiger partial charge in [0.25, 0.3) is 5.56 Å². The van der Waals surface area contributed by atoms with Gasteiger partial charge in [-0.05, 0) is 32.0 Å². The van der Waals surface area contributed by atoms with Gasteiger partial charge in [-0.1, -0.05) is 11.6 Å². The Labute approximate surface area is 148 Å². The van der Waals surface area contributed by atoms with Gasteiger partial charge in [-0.15, -0.1) is 0 Å². The van der Waals surface area contributed by atoms with Crippen LogP contribution in [0.2, 0.25) is 5.02 Å². The number of benzene rings is 1. The van der Waals surface area contributed by atoms with Gasteiger partial charge in [0.15, 0.2) is 0 Å². The number of hydrogen-bond donors (Lipinski definition) is 1. The third-order valence-electron chi connectivity index (χ3n) is 4.30. The highest BCUT2D eigenvalue weighted by Gasteiger charge is 2.15. The zero-order valence-corrected chi connectivity index (χ0v) is 15.1. The molecule has 0 spiro atoms. The molecule has 0 fully saturated rings. The molecule has 8 heteroatoms. The number of halogens is 1. The molecular formula is C17H19ClN4O3. The zero-order valence-electron chi connectivity index (χ0n) is 14.3. The van der Waals surface area contributed by atoms with Gasteiger partial charge < -0.3 is 9.72 Å². The fourth-order valence-electron chi connectivity index (χ4n) is 2.89. The Morgan fingerprint density at radius 3 is 2.76 bits per heavy atom. The minimum Gasteiger partial charge on any atom is -0.383 e. The van der Waals surface area contributed by atoms with E-state index in [9.17, 15) is 9.59 Å². The summed E-state index contributed by atoms with van der Waals surface area (Å²) < 4.78 is 8.10. The number of hydrogen-bond acceptors (Lipinski definition) is 4. The lowest BCUT2D eigenvalue weighted by Crippen LogP contribution is -2.35. The van der Waals surface area contributed by atoms with Crippen LogP contribution in [0, 0.1) is 13.8 Å². The quantitative estimate of drug-likeness (QED) is 0.751. The molecule has 25 heavy (non-hydrogen) atoms. The Balaban J connectivity index is 2.07. The van der Waals surface area contributed by atoms with Crippen LogP contribution >= 0.6 is 11.6 Å². The molecule has 132 valence electrons. The molecule has 0 radical (unpaired) electrons. The first-order valence-corrected chi connectivity index (χ1v) is 8.24. The number of aromatic amines is 1. The molecule has 2 aromatic heterocycles. The van der Waals surface area contributed by atoms with E-state index in [0.29, 0.717) is 29.1 Å². The number of rotatable bonds is 5. The lowest BCUT2D eigenvalue weighted by Gasteiger charge is -2.08. The van der Waals surface area contributed by atoms with Crippen LogP contribution in [-0.4, -0.2) is 33.0 Å². The molecule has 0 bridgehead atoms. The van der Waals surface area contributed by atoms with E-state index < -0.39 is 5.69 Å². The van der Waals surface area contributed by atoms with Crippen LogP contribution in [0.5, 0.6) is 0 Å². The van der Waals surface area contributed by atoms with Crippen LogP contribution in [0.15, 0.2) is 27.8 Å². The van der Waals surface area contributed by atoms with E-state index in [0.717, 1.165) is 17.0 Å². The maximum Gasteiger partial charge on any atom is 0.329 e. The lowest BCUT2D eigenvalue weighted by molar-refractivity contribution is 0.182. The number of ether oxygens (including phenoxy) is 1. The summed E-state index contributed by atoms with van der Waals surface area (Å²) in [4.78, 5) is 27.8. The van der Waals surface area contributed by atoms with Gasteiger partial charge >= 0.3 is 5.69 Å². The summed E-state index contributed by atoms with van der Waals surface area (Å²) in [5.41, 5.74) is 2.18. The van der Waals surface area contributed by atoms with E-state index in [2.05, 4.69) is 10.1 Å². The number of aryl methyl sites for hydroxylation is 1. The standard InChI is InChI=1S/C17H19ClN4O3/c1-10-14(11(2)22(20-10)6-7-25-3)9-21-16(23)13-5-4-12(18)8-15(13)19-17(21)24/h4-5,8H,6-7,9H2,1-3H3,(H,19,24). The van der Waals surface area contributed by atoms with Crippen LogP contribution in [0.4, 0.5) is 0 Å². The van der Waals surface area contributed by atoms with Crippen molar-refractivity contribution in [2.45, 2.75) is 26.9 Å². The molecular weight excluding hydrogens is 344 g/mol. The second-order valence-electron chi connectivity index (χ2n) is 5.88. The smallest absolute Gasteiger partial charge is 0.329 e. The first kappa shape index (κ1) is 17.4. The van der Waals surface area contributed by atoms with Gasteiger partial charge in [0, 0.05) is 23.4 Å². The molecule has 0 aliphatic carbocycles. The topological polar surface area (TPSA) is 81.9 Å². The second-order valence-corrected chi connectivity index (χ2v) is 6.31. The Kier molecular flexibility index (Phi) is 4.78. The van der Waals surface area contributed by atoms with Crippen molar-refractivity contribution in [1.29, 1.82) is 0 Å². The summed E-state index contributed by atoms with van der Waals surface area (Å²) in [5.74, 6) is 0. The maximum atomic E-state index is 12.7. The first-order valence-electron chi connectivity index (χ1n) is 7.86. The van der Waals surface area contributed by atoms with Crippen molar-refractivity contribution in [3.8, 4) is 0 Å². The van der Waals surface area contributed by atoms with Crippen molar-refractivity contribution >= 4 is 22.5 Å². The van der Waals surface area contributed by atoms with Crippen LogP contribution in [0.3, 0.4) is 0 Å². The molecule has 3 aromatic rings. The average molecular weight is 363 g/mol. The van der Waals surface area contributed by atoms with Crippen LogP contribution < -0.4 is 11.2 Å². The van der Waals surface area contributed by atoms with E-state index in [1.54, 1.807) is 25.3 Å². The number of methoxy groups -OCH3 is 1. The van der Waals surface area contributed by atoms with Crippen molar-refractivity contribution in [3.05, 3.63) is 61.0 Å². The van der Waals surface area contributed by atoms with E-state index in [4.69, 9.17) is 16.3 Å². The highest BCUT2D eigenvalue weighted by Crippen LogP contribution is 2.16. The number of nitrogens with one attached hydrogen (secondary N) is 1. The van der Waals surface area contributed by atoms with E-state index in [-0.39, 0.29) is 12.1 Å². The largest absolute Gasteiger partial charge is 0.383 e. The molecule has 0 atom stereocenters. The van der Waals surface area contributed by atoms with Crippen LogP contribution in [0.25, 0.3) is 10.9 Å². The monoisotopic (exact) mass is 362 g/mol. The molecule has 0 aliphatic rings. The third kappa shape index (κ3) is 3.25. The summed E-state index contributed by atoms with van der Waals surface area (Å²) in [7, 11) is 1.63. The number of nitrogens with zero attached hydrogens (tertiary/aromatic N) is 3. The average Bonchev–Trinajstić information content (AvgIpc) is 2.83. The van der Waals surface area contributed by atoms with Crippen molar-refractivity contribution in [2.75, 3.05) is 13.7 Å². The molecule has 1 N–H and O–H groups in total. The zero-order chi connectivity index (χ0) is 18.1. The molecule has 2 heterocycles. The summed E-state index contributed by atoms with van der Waals surface area (Å²) in [6.07, 6.45) is 0. The van der Waals surface area contributed by atoms with E-state index in [1.807, 2.05) is 18.5 Å².